The zero-order valence-electron chi connectivity index (χ0n) is 5.87. The van der Waals surface area contributed by atoms with E-state index in [1.165, 1.54) is 14.1 Å². The Kier molecular flexibility index (Phi) is 1.28. The highest BCUT2D eigenvalue weighted by atomic mass is 16.2. The molecule has 0 aliphatic heterocycles. The minimum absolute atomic E-state index is 0.361. The normalized spacial score (nSPS) is 10.3. The average Bonchev–Trinajstić information content (AvgIpc) is 2.07. The molecule has 5 nitrogen and oxygen atoms in total. The third-order valence-corrected chi connectivity index (χ3v) is 1.43. The summed E-state index contributed by atoms with van der Waals surface area (Å²) in [5, 5.41) is 0. The summed E-state index contributed by atoms with van der Waals surface area (Å²) < 4.78 is 3.14. The first-order valence-corrected chi connectivity index (χ1v) is 2.71. The molecule has 0 saturated heterocycles. The van der Waals surface area contributed by atoms with Gasteiger partial charge in [0.1, 0.15) is 0 Å². The summed E-state index contributed by atoms with van der Waals surface area (Å²) >= 11 is 0. The number of aromatic nitrogens is 3. The van der Waals surface area contributed by atoms with Gasteiger partial charge in [-0.15, -0.1) is 0 Å². The van der Waals surface area contributed by atoms with E-state index in [9.17, 15) is 9.59 Å². The predicted octanol–water partition coefficient (Wildman–Crippen LogP) is -1.47. The Morgan fingerprint density at radius 2 is 1.70 bits per heavy atom. The molecule has 0 aliphatic carbocycles. The predicted molar refractivity (Wildman–Crippen MR) is 35.7 cm³/mol. The van der Waals surface area contributed by atoms with Gasteiger partial charge in [0.15, 0.2) is 0 Å². The summed E-state index contributed by atoms with van der Waals surface area (Å²) in [7, 11) is 6.24. The average molecular weight is 142 g/mol. The molecule has 1 heterocycles. The molecule has 1 aromatic rings. The lowest BCUT2D eigenvalue weighted by molar-refractivity contribution is 0.622. The van der Waals surface area contributed by atoms with Gasteiger partial charge in [-0.1, -0.05) is 0 Å². The van der Waals surface area contributed by atoms with Gasteiger partial charge in [0.25, 0.3) is 0 Å². The van der Waals surface area contributed by atoms with Crippen molar-refractivity contribution in [2.75, 3.05) is 0 Å². The molecule has 0 aromatic carbocycles. The molecule has 0 amide bonds. The molecule has 1 aromatic heterocycles. The molecule has 0 atom stereocenters. The van der Waals surface area contributed by atoms with Gasteiger partial charge in [0, 0.05) is 14.1 Å². The van der Waals surface area contributed by atoms with Gasteiger partial charge in [-0.05, 0) is 0 Å². The van der Waals surface area contributed by atoms with Crippen LogP contribution in [0.4, 0.5) is 0 Å². The summed E-state index contributed by atoms with van der Waals surface area (Å²) in [5.74, 6) is 0. The van der Waals surface area contributed by atoms with Crippen LogP contribution in [0.15, 0.2) is 9.59 Å². The zero-order chi connectivity index (χ0) is 7.89. The molecule has 0 unspecified atom stereocenters. The van der Waals surface area contributed by atoms with Gasteiger partial charge in [-0.2, -0.15) is 0 Å². The van der Waals surface area contributed by atoms with Crippen LogP contribution in [0.5, 0.6) is 0 Å². The van der Waals surface area contributed by atoms with Gasteiger partial charge in [-0.25, -0.2) is 23.5 Å². The van der Waals surface area contributed by atoms with E-state index in [1.54, 1.807) is 0 Å². The molecule has 0 fully saturated rings. The lowest BCUT2D eigenvalue weighted by Crippen LogP contribution is -2.24. The standard InChI is InChI=1S/C5H8N3O2/c1-6-4(9)7(2)8(3)5(6)10/h2H2,1,3H3. The van der Waals surface area contributed by atoms with Crippen molar-refractivity contribution in [2.45, 2.75) is 0 Å². The van der Waals surface area contributed by atoms with Gasteiger partial charge in [-0.3, -0.25) is 0 Å². The minimum Gasteiger partial charge on any atom is -0.246 e. The first-order valence-electron chi connectivity index (χ1n) is 2.71. The topological polar surface area (TPSA) is 48.9 Å². The zero-order valence-corrected chi connectivity index (χ0v) is 5.87. The second-order valence-corrected chi connectivity index (χ2v) is 2.05. The van der Waals surface area contributed by atoms with Crippen LogP contribution in [-0.4, -0.2) is 13.9 Å². The molecule has 0 aliphatic rings. The van der Waals surface area contributed by atoms with Crippen LogP contribution in [0.3, 0.4) is 0 Å². The van der Waals surface area contributed by atoms with E-state index < -0.39 is 5.69 Å². The lowest BCUT2D eigenvalue weighted by Gasteiger charge is -1.90. The van der Waals surface area contributed by atoms with Crippen molar-refractivity contribution in [3.63, 3.8) is 0 Å². The smallest absolute Gasteiger partial charge is 0.246 e. The summed E-state index contributed by atoms with van der Waals surface area (Å²) in [6.45, 7) is 0. The van der Waals surface area contributed by atoms with Crippen LogP contribution in [-0.2, 0) is 14.1 Å². The van der Waals surface area contributed by atoms with Gasteiger partial charge >= 0.3 is 11.4 Å². The van der Waals surface area contributed by atoms with E-state index in [0.29, 0.717) is 0 Å². The molecule has 5 heteroatoms. The molecule has 0 bridgehead atoms. The molecular weight excluding hydrogens is 134 g/mol. The van der Waals surface area contributed by atoms with Crippen molar-refractivity contribution in [1.82, 2.24) is 13.9 Å². The lowest BCUT2D eigenvalue weighted by atomic mass is 11.0. The number of nitrogens with zero attached hydrogens (tertiary/aromatic N) is 3. The highest BCUT2D eigenvalue weighted by Crippen LogP contribution is 1.66. The Morgan fingerprint density at radius 3 is 1.80 bits per heavy atom. The highest BCUT2D eigenvalue weighted by Gasteiger charge is 2.03. The van der Waals surface area contributed by atoms with Crippen molar-refractivity contribution in [2.24, 2.45) is 14.1 Å². The summed E-state index contributed by atoms with van der Waals surface area (Å²) in [6.07, 6.45) is 0. The van der Waals surface area contributed by atoms with Gasteiger partial charge in [0.2, 0.25) is 0 Å². The van der Waals surface area contributed by atoms with E-state index in [-0.39, 0.29) is 5.69 Å². The maximum Gasteiger partial charge on any atom is 0.346 e. The number of hydrogen-bond acceptors (Lipinski definition) is 2. The van der Waals surface area contributed by atoms with Crippen molar-refractivity contribution >= 4 is 0 Å². The fourth-order valence-corrected chi connectivity index (χ4v) is 0.704. The highest BCUT2D eigenvalue weighted by molar-refractivity contribution is 4.71. The molecule has 0 N–H and O–H groups in total. The van der Waals surface area contributed by atoms with Crippen molar-refractivity contribution < 1.29 is 0 Å². The van der Waals surface area contributed by atoms with Gasteiger partial charge < -0.3 is 0 Å². The number of hydrogen-bond donors (Lipinski definition) is 0. The van der Waals surface area contributed by atoms with E-state index in [2.05, 4.69) is 7.05 Å². The van der Waals surface area contributed by atoms with E-state index in [4.69, 9.17) is 0 Å². The van der Waals surface area contributed by atoms with Crippen molar-refractivity contribution in [1.29, 1.82) is 0 Å². The van der Waals surface area contributed by atoms with Crippen LogP contribution < -0.4 is 11.4 Å². The minimum atomic E-state index is -0.410. The Morgan fingerprint density at radius 1 is 1.20 bits per heavy atom. The SMILES string of the molecule is [CH2]n1c(=O)n(C)c(=O)n1C. The summed E-state index contributed by atoms with van der Waals surface area (Å²) in [5.41, 5.74) is -0.771. The van der Waals surface area contributed by atoms with Crippen LogP contribution in [0.25, 0.3) is 0 Å². The first kappa shape index (κ1) is 6.85. The summed E-state index contributed by atoms with van der Waals surface area (Å²) in [4.78, 5) is 21.7. The van der Waals surface area contributed by atoms with Crippen LogP contribution in [0, 0.1) is 7.05 Å². The third-order valence-electron chi connectivity index (χ3n) is 1.43. The van der Waals surface area contributed by atoms with E-state index >= 15 is 0 Å². The molecular formula is C5H8N3O2. The van der Waals surface area contributed by atoms with Gasteiger partial charge in [0.05, 0.1) is 7.05 Å². The van der Waals surface area contributed by atoms with Crippen LogP contribution >= 0.6 is 0 Å². The summed E-state index contributed by atoms with van der Waals surface area (Å²) in [6, 6.07) is 0. The fourth-order valence-electron chi connectivity index (χ4n) is 0.704. The molecule has 55 valence electrons. The number of rotatable bonds is 0. The molecule has 10 heavy (non-hydrogen) atoms. The quantitative estimate of drug-likeness (QED) is 0.444. The maximum absolute atomic E-state index is 10.9. The first-order chi connectivity index (χ1) is 4.55. The largest absolute Gasteiger partial charge is 0.346 e. The maximum atomic E-state index is 10.9. The second kappa shape index (κ2) is 1.86. The molecule has 1 radical (unpaired) electrons. The van der Waals surface area contributed by atoms with Crippen LogP contribution in [0.2, 0.25) is 0 Å². The molecule has 0 saturated carbocycles. The second-order valence-electron chi connectivity index (χ2n) is 2.05. The Bertz CT molecular complexity index is 320. The Labute approximate surface area is 57.1 Å². The van der Waals surface area contributed by atoms with E-state index in [1.807, 2.05) is 0 Å². The molecule has 0 spiro atoms. The fraction of sp³-hybridized carbons (Fsp3) is 0.400. The Hall–Kier alpha value is -1.26. The van der Waals surface area contributed by atoms with E-state index in [0.717, 1.165) is 13.9 Å². The Balaban J connectivity index is 3.77. The third kappa shape index (κ3) is 0.632. The molecule has 1 rings (SSSR count). The monoisotopic (exact) mass is 142 g/mol. The van der Waals surface area contributed by atoms with Crippen LogP contribution in [0.1, 0.15) is 0 Å². The van der Waals surface area contributed by atoms with Crippen molar-refractivity contribution in [3.8, 4) is 0 Å². The van der Waals surface area contributed by atoms with Crippen molar-refractivity contribution in [3.05, 3.63) is 28.0 Å².